The predicted molar refractivity (Wildman–Crippen MR) is 122 cm³/mol. The van der Waals surface area contributed by atoms with E-state index in [1.165, 1.54) is 0 Å². The van der Waals surface area contributed by atoms with Crippen molar-refractivity contribution in [3.63, 3.8) is 0 Å². The van der Waals surface area contributed by atoms with Gasteiger partial charge in [-0.1, -0.05) is 63.6 Å². The Balaban J connectivity index is 2.31. The van der Waals surface area contributed by atoms with E-state index in [0.29, 0.717) is 23.9 Å². The van der Waals surface area contributed by atoms with Crippen LogP contribution in [0, 0.1) is 11.8 Å². The number of nitrogens with zero attached hydrogens (tertiary/aromatic N) is 1. The fraction of sp³-hybridized carbons (Fsp3) is 0.360. The molecule has 0 saturated carbocycles. The summed E-state index contributed by atoms with van der Waals surface area (Å²) in [5.74, 6) is -0.303. The van der Waals surface area contributed by atoms with E-state index in [1.807, 2.05) is 38.1 Å². The summed E-state index contributed by atoms with van der Waals surface area (Å²) in [6.45, 7) is 8.79. The Hall–Kier alpha value is -2.59. The van der Waals surface area contributed by atoms with E-state index in [-0.39, 0.29) is 17.3 Å². The number of benzene rings is 2. The van der Waals surface area contributed by atoms with Crippen LogP contribution in [0.3, 0.4) is 0 Å². The zero-order valence-corrected chi connectivity index (χ0v) is 18.7. The molecule has 0 radical (unpaired) electrons. The van der Waals surface area contributed by atoms with Gasteiger partial charge in [0.25, 0.3) is 0 Å². The highest BCUT2D eigenvalue weighted by Crippen LogP contribution is 2.32. The second-order valence-corrected chi connectivity index (χ2v) is 9.06. The molecule has 0 aliphatic heterocycles. The standard InChI is InChI=1S/C25H28ClNO3/c1-15(2)11-22-24(23(28)12-16(3)4)19-10-9-17(25(29)30)13-21(19)27(22)14-18-7-5-6-8-20(18)26/h5-10,13,15-16H,11-12,14H2,1-4H3,(H,29,30). The highest BCUT2D eigenvalue weighted by Gasteiger charge is 2.24. The summed E-state index contributed by atoms with van der Waals surface area (Å²) in [6.07, 6.45) is 1.18. The summed E-state index contributed by atoms with van der Waals surface area (Å²) in [5.41, 5.74) is 3.58. The minimum Gasteiger partial charge on any atom is -0.478 e. The maximum absolute atomic E-state index is 13.3. The van der Waals surface area contributed by atoms with Crippen molar-refractivity contribution < 1.29 is 14.7 Å². The number of ketones is 1. The molecule has 5 heteroatoms. The first-order valence-corrected chi connectivity index (χ1v) is 10.7. The molecule has 158 valence electrons. The molecule has 3 aromatic rings. The number of carboxylic acids is 1. The zero-order valence-electron chi connectivity index (χ0n) is 17.9. The number of hydrogen-bond acceptors (Lipinski definition) is 2. The molecule has 30 heavy (non-hydrogen) atoms. The van der Waals surface area contributed by atoms with Crippen LogP contribution in [0.4, 0.5) is 0 Å². The van der Waals surface area contributed by atoms with Crippen molar-refractivity contribution in [3.8, 4) is 0 Å². The number of carboxylic acid groups (broad SMARTS) is 1. The van der Waals surface area contributed by atoms with Crippen LogP contribution in [-0.2, 0) is 13.0 Å². The average Bonchev–Trinajstić information content (AvgIpc) is 2.95. The van der Waals surface area contributed by atoms with Gasteiger partial charge in [0.2, 0.25) is 0 Å². The Bertz CT molecular complexity index is 1100. The largest absolute Gasteiger partial charge is 0.478 e. The van der Waals surface area contributed by atoms with Gasteiger partial charge in [0, 0.05) is 34.6 Å². The molecule has 0 fully saturated rings. The number of carbonyl (C=O) groups excluding carboxylic acids is 1. The number of halogens is 1. The molecule has 2 aromatic carbocycles. The van der Waals surface area contributed by atoms with Crippen molar-refractivity contribution in [2.75, 3.05) is 0 Å². The van der Waals surface area contributed by atoms with E-state index in [9.17, 15) is 14.7 Å². The number of aromatic carboxylic acids is 1. The fourth-order valence-corrected chi connectivity index (χ4v) is 4.09. The van der Waals surface area contributed by atoms with Gasteiger partial charge in [-0.25, -0.2) is 4.79 Å². The van der Waals surface area contributed by atoms with Crippen LogP contribution in [0.2, 0.25) is 5.02 Å². The second kappa shape index (κ2) is 9.05. The first-order valence-electron chi connectivity index (χ1n) is 10.3. The quantitative estimate of drug-likeness (QED) is 0.421. The molecule has 0 bridgehead atoms. The summed E-state index contributed by atoms with van der Waals surface area (Å²) in [4.78, 5) is 24.9. The number of hydrogen-bond donors (Lipinski definition) is 1. The van der Waals surface area contributed by atoms with Gasteiger partial charge in [0.05, 0.1) is 11.1 Å². The first-order chi connectivity index (χ1) is 14.2. The van der Waals surface area contributed by atoms with E-state index in [1.54, 1.807) is 18.2 Å². The first kappa shape index (κ1) is 22.1. The third kappa shape index (κ3) is 4.59. The monoisotopic (exact) mass is 425 g/mol. The number of carbonyl (C=O) groups is 2. The third-order valence-corrected chi connectivity index (χ3v) is 5.55. The van der Waals surface area contributed by atoms with E-state index in [0.717, 1.165) is 34.1 Å². The predicted octanol–water partition coefficient (Wildman–Crippen LogP) is 6.47. The molecule has 1 heterocycles. The van der Waals surface area contributed by atoms with Crippen LogP contribution in [0.25, 0.3) is 10.9 Å². The van der Waals surface area contributed by atoms with Crippen LogP contribution >= 0.6 is 11.6 Å². The molecular weight excluding hydrogens is 398 g/mol. The Morgan fingerprint density at radius 2 is 1.73 bits per heavy atom. The number of fused-ring (bicyclic) bond motifs is 1. The SMILES string of the molecule is CC(C)CC(=O)c1c(CC(C)C)n(Cc2ccccc2Cl)c2cc(C(=O)O)ccc12. The van der Waals surface area contributed by atoms with Crippen LogP contribution < -0.4 is 0 Å². The number of rotatable bonds is 8. The van der Waals surface area contributed by atoms with Gasteiger partial charge in [-0.15, -0.1) is 0 Å². The molecule has 0 unspecified atom stereocenters. The summed E-state index contributed by atoms with van der Waals surface area (Å²) in [5, 5.41) is 11.0. The molecule has 1 N–H and O–H groups in total. The second-order valence-electron chi connectivity index (χ2n) is 8.66. The van der Waals surface area contributed by atoms with Crippen molar-refractivity contribution in [2.24, 2.45) is 11.8 Å². The molecule has 0 saturated heterocycles. The zero-order chi connectivity index (χ0) is 22.0. The topological polar surface area (TPSA) is 59.3 Å². The Kier molecular flexibility index (Phi) is 6.67. The maximum atomic E-state index is 13.3. The van der Waals surface area contributed by atoms with Crippen molar-refractivity contribution in [1.82, 2.24) is 4.57 Å². The van der Waals surface area contributed by atoms with Gasteiger partial charge >= 0.3 is 5.97 Å². The number of aromatic nitrogens is 1. The van der Waals surface area contributed by atoms with E-state index < -0.39 is 5.97 Å². The van der Waals surface area contributed by atoms with Gasteiger partial charge in [-0.3, -0.25) is 4.79 Å². The molecule has 0 amide bonds. The number of Topliss-reactive ketones (excluding diaryl/α,β-unsaturated/α-hetero) is 1. The third-order valence-electron chi connectivity index (χ3n) is 5.18. The molecule has 0 aliphatic rings. The maximum Gasteiger partial charge on any atom is 0.335 e. The lowest BCUT2D eigenvalue weighted by molar-refractivity contribution is 0.0696. The molecule has 4 nitrogen and oxygen atoms in total. The molecule has 0 spiro atoms. The van der Waals surface area contributed by atoms with E-state index in [2.05, 4.69) is 18.4 Å². The van der Waals surface area contributed by atoms with Gasteiger partial charge in [0.1, 0.15) is 0 Å². The van der Waals surface area contributed by atoms with E-state index in [4.69, 9.17) is 11.6 Å². The summed E-state index contributed by atoms with van der Waals surface area (Å²) >= 11 is 6.43. The van der Waals surface area contributed by atoms with Gasteiger partial charge in [-0.2, -0.15) is 0 Å². The van der Waals surface area contributed by atoms with Crippen LogP contribution in [0.1, 0.15) is 66.1 Å². The smallest absolute Gasteiger partial charge is 0.335 e. The normalized spacial score (nSPS) is 11.6. The highest BCUT2D eigenvalue weighted by molar-refractivity contribution is 6.31. The minimum atomic E-state index is -0.983. The molecule has 0 atom stereocenters. The average molecular weight is 426 g/mol. The lowest BCUT2D eigenvalue weighted by Gasteiger charge is -2.15. The summed E-state index contributed by atoms with van der Waals surface area (Å²) < 4.78 is 2.08. The highest BCUT2D eigenvalue weighted by atomic mass is 35.5. The Labute approximate surface area is 182 Å². The Morgan fingerprint density at radius 1 is 1.03 bits per heavy atom. The van der Waals surface area contributed by atoms with Gasteiger partial charge in [0.15, 0.2) is 5.78 Å². The van der Waals surface area contributed by atoms with Crippen molar-refractivity contribution in [3.05, 3.63) is 69.9 Å². The van der Waals surface area contributed by atoms with Crippen LogP contribution in [-0.4, -0.2) is 21.4 Å². The van der Waals surface area contributed by atoms with Crippen LogP contribution in [0.5, 0.6) is 0 Å². The van der Waals surface area contributed by atoms with Crippen molar-refractivity contribution in [1.29, 1.82) is 0 Å². The van der Waals surface area contributed by atoms with Gasteiger partial charge in [-0.05, 0) is 42.0 Å². The summed E-state index contributed by atoms with van der Waals surface area (Å²) in [7, 11) is 0. The molecule has 1 aromatic heterocycles. The fourth-order valence-electron chi connectivity index (χ4n) is 3.90. The molecule has 3 rings (SSSR count). The van der Waals surface area contributed by atoms with Crippen molar-refractivity contribution in [2.45, 2.75) is 47.1 Å². The minimum absolute atomic E-state index is 0.103. The van der Waals surface area contributed by atoms with Crippen LogP contribution in [0.15, 0.2) is 42.5 Å². The van der Waals surface area contributed by atoms with Gasteiger partial charge < -0.3 is 9.67 Å². The van der Waals surface area contributed by atoms with Crippen molar-refractivity contribution >= 4 is 34.3 Å². The lowest BCUT2D eigenvalue weighted by atomic mass is 9.95. The Morgan fingerprint density at radius 3 is 2.33 bits per heavy atom. The van der Waals surface area contributed by atoms with E-state index >= 15 is 0 Å². The summed E-state index contributed by atoms with van der Waals surface area (Å²) in [6, 6.07) is 12.7. The lowest BCUT2D eigenvalue weighted by Crippen LogP contribution is -2.12. The molecular formula is C25H28ClNO3. The molecule has 0 aliphatic carbocycles.